The summed E-state index contributed by atoms with van der Waals surface area (Å²) < 4.78 is 4.95. The molecule has 0 fully saturated rings. The van der Waals surface area contributed by atoms with E-state index in [1.54, 1.807) is 0 Å². The Hall–Kier alpha value is -3.59. The first-order chi connectivity index (χ1) is 13.2. The average molecular weight is 354 g/mol. The predicted molar refractivity (Wildman–Crippen MR) is 108 cm³/mol. The van der Waals surface area contributed by atoms with Crippen molar-refractivity contribution < 1.29 is 14.6 Å². The topological polar surface area (TPSA) is 46.5 Å². The zero-order valence-corrected chi connectivity index (χ0v) is 14.8. The van der Waals surface area contributed by atoms with Gasteiger partial charge in [-0.2, -0.15) is 0 Å². The fourth-order valence-corrected chi connectivity index (χ4v) is 3.40. The van der Waals surface area contributed by atoms with E-state index in [0.29, 0.717) is 10.9 Å². The van der Waals surface area contributed by atoms with Gasteiger partial charge in [0.05, 0.1) is 12.7 Å². The molecule has 0 radical (unpaired) electrons. The second-order valence-corrected chi connectivity index (χ2v) is 6.30. The van der Waals surface area contributed by atoms with Crippen molar-refractivity contribution >= 4 is 16.7 Å². The number of phenols is 1. The molecule has 0 aliphatic heterocycles. The molecule has 0 heterocycles. The van der Waals surface area contributed by atoms with Gasteiger partial charge in [-0.25, -0.2) is 4.79 Å². The summed E-state index contributed by atoms with van der Waals surface area (Å²) in [7, 11) is 1.34. The van der Waals surface area contributed by atoms with Crippen molar-refractivity contribution in [3.05, 3.63) is 90.5 Å². The number of carbonyl (C=O) groups excluding carboxylic acids is 1. The van der Waals surface area contributed by atoms with Gasteiger partial charge in [0.1, 0.15) is 5.75 Å². The fourth-order valence-electron chi connectivity index (χ4n) is 3.40. The van der Waals surface area contributed by atoms with Crippen LogP contribution in [0.2, 0.25) is 0 Å². The summed E-state index contributed by atoms with van der Waals surface area (Å²) in [5.41, 5.74) is 4.23. The first-order valence-corrected chi connectivity index (χ1v) is 8.68. The molecule has 0 saturated heterocycles. The Morgan fingerprint density at radius 2 is 1.30 bits per heavy atom. The zero-order chi connectivity index (χ0) is 18.8. The van der Waals surface area contributed by atoms with Crippen molar-refractivity contribution in [1.82, 2.24) is 0 Å². The molecule has 0 aliphatic rings. The highest BCUT2D eigenvalue weighted by Crippen LogP contribution is 2.38. The van der Waals surface area contributed by atoms with Crippen LogP contribution in [-0.4, -0.2) is 18.2 Å². The number of rotatable bonds is 3. The Morgan fingerprint density at radius 1 is 0.741 bits per heavy atom. The fraction of sp³-hybridized carbons (Fsp3) is 0.0417. The van der Waals surface area contributed by atoms with Gasteiger partial charge in [-0.1, -0.05) is 78.9 Å². The Bertz CT molecular complexity index is 1110. The van der Waals surface area contributed by atoms with E-state index in [0.717, 1.165) is 27.6 Å². The lowest BCUT2D eigenvalue weighted by molar-refractivity contribution is 0.0601. The van der Waals surface area contributed by atoms with Gasteiger partial charge in [0.15, 0.2) is 0 Å². The number of aromatic hydroxyl groups is 1. The zero-order valence-electron chi connectivity index (χ0n) is 14.8. The molecule has 3 heteroatoms. The molecule has 0 aliphatic carbocycles. The summed E-state index contributed by atoms with van der Waals surface area (Å²) in [5, 5.41) is 11.9. The first kappa shape index (κ1) is 16.9. The summed E-state index contributed by atoms with van der Waals surface area (Å²) in [6, 6.07) is 27.2. The quantitative estimate of drug-likeness (QED) is 0.482. The van der Waals surface area contributed by atoms with Crippen LogP contribution in [0.3, 0.4) is 0 Å². The van der Waals surface area contributed by atoms with E-state index in [4.69, 9.17) is 4.74 Å². The van der Waals surface area contributed by atoms with Crippen LogP contribution in [0, 0.1) is 0 Å². The third-order valence-electron chi connectivity index (χ3n) is 4.71. The summed E-state index contributed by atoms with van der Waals surface area (Å²) in [6.07, 6.45) is 0. The second kappa shape index (κ2) is 6.96. The van der Waals surface area contributed by atoms with Crippen molar-refractivity contribution in [2.24, 2.45) is 0 Å². The molecule has 0 bridgehead atoms. The molecule has 27 heavy (non-hydrogen) atoms. The highest BCUT2D eigenvalue weighted by Gasteiger charge is 2.19. The van der Waals surface area contributed by atoms with E-state index in [9.17, 15) is 9.90 Å². The van der Waals surface area contributed by atoms with Crippen LogP contribution in [0.5, 0.6) is 5.75 Å². The number of esters is 1. The lowest BCUT2D eigenvalue weighted by atomic mass is 9.91. The Labute approximate surface area is 157 Å². The van der Waals surface area contributed by atoms with E-state index >= 15 is 0 Å². The molecule has 132 valence electrons. The molecule has 0 saturated carbocycles. The molecule has 0 atom stereocenters. The van der Waals surface area contributed by atoms with Crippen molar-refractivity contribution in [1.29, 1.82) is 0 Å². The minimum absolute atomic E-state index is 0.0654. The van der Waals surface area contributed by atoms with E-state index in [-0.39, 0.29) is 5.75 Å². The summed E-state index contributed by atoms with van der Waals surface area (Å²) in [5.74, 6) is -0.408. The number of hydrogen-bond acceptors (Lipinski definition) is 3. The maximum absolute atomic E-state index is 12.4. The van der Waals surface area contributed by atoms with Crippen molar-refractivity contribution in [3.63, 3.8) is 0 Å². The van der Waals surface area contributed by atoms with Crippen molar-refractivity contribution in [3.8, 4) is 28.0 Å². The lowest BCUT2D eigenvalue weighted by Crippen LogP contribution is -2.04. The van der Waals surface area contributed by atoms with Crippen LogP contribution >= 0.6 is 0 Å². The van der Waals surface area contributed by atoms with Gasteiger partial charge in [-0.15, -0.1) is 0 Å². The maximum Gasteiger partial charge on any atom is 0.338 e. The van der Waals surface area contributed by atoms with Gasteiger partial charge in [-0.3, -0.25) is 0 Å². The van der Waals surface area contributed by atoms with Crippen LogP contribution in [0.4, 0.5) is 0 Å². The van der Waals surface area contributed by atoms with Gasteiger partial charge in [0.25, 0.3) is 0 Å². The van der Waals surface area contributed by atoms with Crippen LogP contribution in [-0.2, 0) is 4.74 Å². The molecule has 3 nitrogen and oxygen atoms in total. The number of carbonyl (C=O) groups is 1. The normalized spacial score (nSPS) is 10.7. The summed E-state index contributed by atoms with van der Waals surface area (Å²) >= 11 is 0. The van der Waals surface area contributed by atoms with Crippen molar-refractivity contribution in [2.45, 2.75) is 0 Å². The molecule has 4 aromatic rings. The van der Waals surface area contributed by atoms with Crippen LogP contribution in [0.15, 0.2) is 84.9 Å². The Kier molecular flexibility index (Phi) is 4.35. The van der Waals surface area contributed by atoms with Gasteiger partial charge in [0, 0.05) is 10.9 Å². The number of methoxy groups -OCH3 is 1. The highest BCUT2D eigenvalue weighted by molar-refractivity contribution is 6.10. The van der Waals surface area contributed by atoms with E-state index < -0.39 is 5.97 Å². The third kappa shape index (κ3) is 3.04. The number of ether oxygens (including phenoxy) is 1. The predicted octanol–water partition coefficient (Wildman–Crippen LogP) is 5.67. The molecular weight excluding hydrogens is 336 g/mol. The molecular formula is C24H18O3. The lowest BCUT2D eigenvalue weighted by Gasteiger charge is -2.14. The maximum atomic E-state index is 12.4. The van der Waals surface area contributed by atoms with E-state index in [1.165, 1.54) is 13.2 Å². The first-order valence-electron chi connectivity index (χ1n) is 8.68. The molecule has 0 aromatic heterocycles. The molecule has 1 N–H and O–H groups in total. The Morgan fingerprint density at radius 3 is 1.96 bits per heavy atom. The molecule has 0 unspecified atom stereocenters. The number of phenolic OH excluding ortho intramolecular Hbond substituents is 1. The van der Waals surface area contributed by atoms with Crippen molar-refractivity contribution in [2.75, 3.05) is 7.11 Å². The standard InChI is InChI=1S/C24H18O3/c1-27-24(26)21-15-22(25)19-9-5-6-10-20(19)23(21)18-13-11-17(12-14-18)16-7-3-2-4-8-16/h2-15,25H,1H3. The third-order valence-corrected chi connectivity index (χ3v) is 4.71. The van der Waals surface area contributed by atoms with Gasteiger partial charge in [-0.05, 0) is 28.1 Å². The van der Waals surface area contributed by atoms with Crippen LogP contribution < -0.4 is 0 Å². The summed E-state index contributed by atoms with van der Waals surface area (Å²) in [6.45, 7) is 0. The molecule has 4 aromatic carbocycles. The van der Waals surface area contributed by atoms with E-state index in [1.807, 2.05) is 66.7 Å². The smallest absolute Gasteiger partial charge is 0.338 e. The number of hydrogen-bond donors (Lipinski definition) is 1. The highest BCUT2D eigenvalue weighted by atomic mass is 16.5. The SMILES string of the molecule is COC(=O)c1cc(O)c2ccccc2c1-c1ccc(-c2ccccc2)cc1. The Balaban J connectivity index is 1.92. The minimum atomic E-state index is -0.474. The summed E-state index contributed by atoms with van der Waals surface area (Å²) in [4.78, 5) is 12.4. The van der Waals surface area contributed by atoms with Gasteiger partial charge < -0.3 is 9.84 Å². The van der Waals surface area contributed by atoms with E-state index in [2.05, 4.69) is 12.1 Å². The molecule has 0 amide bonds. The van der Waals surface area contributed by atoms with Crippen LogP contribution in [0.1, 0.15) is 10.4 Å². The van der Waals surface area contributed by atoms with Gasteiger partial charge in [0.2, 0.25) is 0 Å². The molecule has 4 rings (SSSR count). The number of benzene rings is 4. The average Bonchev–Trinajstić information content (AvgIpc) is 2.74. The minimum Gasteiger partial charge on any atom is -0.507 e. The van der Waals surface area contributed by atoms with Gasteiger partial charge >= 0.3 is 5.97 Å². The largest absolute Gasteiger partial charge is 0.507 e. The number of fused-ring (bicyclic) bond motifs is 1. The van der Waals surface area contributed by atoms with Crippen LogP contribution in [0.25, 0.3) is 33.0 Å². The molecule has 0 spiro atoms. The second-order valence-electron chi connectivity index (χ2n) is 6.30. The monoisotopic (exact) mass is 354 g/mol.